The predicted octanol–water partition coefficient (Wildman–Crippen LogP) is 1.80. The topological polar surface area (TPSA) is 95.8 Å². The second-order valence-corrected chi connectivity index (χ2v) is 6.31. The van der Waals surface area contributed by atoms with Gasteiger partial charge in [-0.25, -0.2) is 0 Å². The van der Waals surface area contributed by atoms with Crippen LogP contribution in [0, 0.1) is 16.0 Å². The van der Waals surface area contributed by atoms with Gasteiger partial charge in [0.25, 0.3) is 5.69 Å². The lowest BCUT2D eigenvalue weighted by Crippen LogP contribution is -2.46. The molecule has 1 aromatic carbocycles. The molecule has 0 aliphatic carbocycles. The summed E-state index contributed by atoms with van der Waals surface area (Å²) in [6.07, 6.45) is 1.24. The summed E-state index contributed by atoms with van der Waals surface area (Å²) in [5.74, 6) is -0.315. The van der Waals surface area contributed by atoms with Crippen LogP contribution >= 0.6 is 0 Å². The van der Waals surface area contributed by atoms with Gasteiger partial charge in [0.2, 0.25) is 11.8 Å². The molecule has 0 unspecified atom stereocenters. The number of amides is 2. The third kappa shape index (κ3) is 4.71. The van der Waals surface area contributed by atoms with E-state index in [0.29, 0.717) is 44.7 Å². The van der Waals surface area contributed by atoms with Gasteiger partial charge in [-0.15, -0.1) is 0 Å². The summed E-state index contributed by atoms with van der Waals surface area (Å²) in [4.78, 5) is 38.8. The maximum absolute atomic E-state index is 12.7. The Morgan fingerprint density at radius 3 is 2.50 bits per heavy atom. The fourth-order valence-corrected chi connectivity index (χ4v) is 3.28. The Kier molecular flexibility index (Phi) is 6.94. The first-order valence-electron chi connectivity index (χ1n) is 9.01. The van der Waals surface area contributed by atoms with Gasteiger partial charge in [-0.05, 0) is 32.8 Å². The number of carbonyl (C=O) groups excluding carboxylic acids is 2. The summed E-state index contributed by atoms with van der Waals surface area (Å²) in [6.45, 7) is 5.97. The van der Waals surface area contributed by atoms with Crippen molar-refractivity contribution in [3.8, 4) is 0 Å². The molecular weight excluding hydrogens is 336 g/mol. The van der Waals surface area contributed by atoms with Gasteiger partial charge in [0.05, 0.1) is 11.5 Å². The number of hydrogen-bond acceptors (Lipinski definition) is 5. The molecule has 1 aromatic rings. The first kappa shape index (κ1) is 19.7. The maximum Gasteiger partial charge on any atom is 0.292 e. The van der Waals surface area contributed by atoms with Gasteiger partial charge in [0.15, 0.2) is 0 Å². The van der Waals surface area contributed by atoms with Crippen molar-refractivity contribution in [2.75, 3.05) is 37.6 Å². The van der Waals surface area contributed by atoms with Crippen LogP contribution < -0.4 is 10.2 Å². The average Bonchev–Trinajstić information content (AvgIpc) is 2.66. The van der Waals surface area contributed by atoms with E-state index in [1.165, 1.54) is 6.07 Å². The lowest BCUT2D eigenvalue weighted by molar-refractivity contribution is -0.384. The van der Waals surface area contributed by atoms with Gasteiger partial charge in [0, 0.05) is 38.2 Å². The average molecular weight is 362 g/mol. The molecule has 26 heavy (non-hydrogen) atoms. The molecule has 1 N–H and O–H groups in total. The first-order chi connectivity index (χ1) is 12.5. The fraction of sp³-hybridized carbons (Fsp3) is 0.556. The Hall–Kier alpha value is -2.64. The van der Waals surface area contributed by atoms with Crippen LogP contribution in [0.2, 0.25) is 0 Å². The van der Waals surface area contributed by atoms with E-state index in [1.54, 1.807) is 23.1 Å². The standard InChI is InChI=1S/C18H26N4O4/c1-3-19-17(23)13-20(4-2)18(24)14-9-11-21(12-10-14)15-7-5-6-8-16(15)22(25)26/h5-8,14H,3-4,9-13H2,1-2H3,(H,19,23). The predicted molar refractivity (Wildman–Crippen MR) is 99.0 cm³/mol. The van der Waals surface area contributed by atoms with Crippen molar-refractivity contribution in [1.29, 1.82) is 0 Å². The maximum atomic E-state index is 12.7. The summed E-state index contributed by atoms with van der Waals surface area (Å²) < 4.78 is 0. The fourth-order valence-electron chi connectivity index (χ4n) is 3.28. The van der Waals surface area contributed by atoms with Crippen molar-refractivity contribution in [1.82, 2.24) is 10.2 Å². The Morgan fingerprint density at radius 2 is 1.92 bits per heavy atom. The first-order valence-corrected chi connectivity index (χ1v) is 9.01. The third-order valence-electron chi connectivity index (χ3n) is 4.67. The second-order valence-electron chi connectivity index (χ2n) is 6.31. The number of carbonyl (C=O) groups is 2. The number of nitrogens with one attached hydrogen (secondary N) is 1. The lowest BCUT2D eigenvalue weighted by atomic mass is 9.94. The zero-order valence-electron chi connectivity index (χ0n) is 15.3. The molecular formula is C18H26N4O4. The molecule has 8 heteroatoms. The molecule has 142 valence electrons. The zero-order chi connectivity index (χ0) is 19.1. The van der Waals surface area contributed by atoms with Gasteiger partial charge in [-0.1, -0.05) is 12.1 Å². The number of nitro benzene ring substituents is 1. The second kappa shape index (κ2) is 9.17. The van der Waals surface area contributed by atoms with Crippen LogP contribution in [-0.4, -0.2) is 54.4 Å². The summed E-state index contributed by atoms with van der Waals surface area (Å²) in [5.41, 5.74) is 0.682. The zero-order valence-corrected chi connectivity index (χ0v) is 15.3. The van der Waals surface area contributed by atoms with Gasteiger partial charge in [-0.2, -0.15) is 0 Å². The van der Waals surface area contributed by atoms with Gasteiger partial charge in [0.1, 0.15) is 5.69 Å². The highest BCUT2D eigenvalue weighted by molar-refractivity contribution is 5.86. The van der Waals surface area contributed by atoms with Crippen LogP contribution in [0.5, 0.6) is 0 Å². The smallest absolute Gasteiger partial charge is 0.292 e. The minimum absolute atomic E-state index is 0.0130. The number of benzene rings is 1. The molecule has 0 atom stereocenters. The van der Waals surface area contributed by atoms with Gasteiger partial charge >= 0.3 is 0 Å². The largest absolute Gasteiger partial charge is 0.366 e. The molecule has 1 saturated heterocycles. The number of piperidine rings is 1. The summed E-state index contributed by atoms with van der Waals surface area (Å²) in [6, 6.07) is 6.68. The Balaban J connectivity index is 1.98. The van der Waals surface area contributed by atoms with E-state index in [9.17, 15) is 19.7 Å². The van der Waals surface area contributed by atoms with Crippen LogP contribution in [0.3, 0.4) is 0 Å². The Bertz CT molecular complexity index is 656. The van der Waals surface area contributed by atoms with Gasteiger partial charge < -0.3 is 15.1 Å². The molecule has 0 bridgehead atoms. The number of nitro groups is 1. The van der Waals surface area contributed by atoms with E-state index in [0.717, 1.165) is 0 Å². The Morgan fingerprint density at radius 1 is 1.27 bits per heavy atom. The van der Waals surface area contributed by atoms with Crippen molar-refractivity contribution in [2.24, 2.45) is 5.92 Å². The molecule has 8 nitrogen and oxygen atoms in total. The summed E-state index contributed by atoms with van der Waals surface area (Å²) >= 11 is 0. The van der Waals surface area contributed by atoms with E-state index >= 15 is 0 Å². The van der Waals surface area contributed by atoms with Crippen molar-refractivity contribution in [3.63, 3.8) is 0 Å². The lowest BCUT2D eigenvalue weighted by Gasteiger charge is -2.34. The molecule has 0 spiro atoms. The number of para-hydroxylation sites is 2. The Labute approximate surface area is 153 Å². The number of nitrogens with zero attached hydrogens (tertiary/aromatic N) is 3. The summed E-state index contributed by atoms with van der Waals surface area (Å²) in [7, 11) is 0. The van der Waals surface area contributed by atoms with Crippen molar-refractivity contribution in [2.45, 2.75) is 26.7 Å². The number of anilines is 1. The van der Waals surface area contributed by atoms with Crippen LogP contribution in [0.4, 0.5) is 11.4 Å². The highest BCUT2D eigenvalue weighted by Crippen LogP contribution is 2.31. The monoisotopic (exact) mass is 362 g/mol. The highest BCUT2D eigenvalue weighted by atomic mass is 16.6. The van der Waals surface area contributed by atoms with Crippen LogP contribution in [0.1, 0.15) is 26.7 Å². The quantitative estimate of drug-likeness (QED) is 0.589. The van der Waals surface area contributed by atoms with Gasteiger partial charge in [-0.3, -0.25) is 19.7 Å². The molecule has 1 fully saturated rings. The third-order valence-corrected chi connectivity index (χ3v) is 4.67. The molecule has 0 aromatic heterocycles. The molecule has 1 heterocycles. The van der Waals surface area contributed by atoms with E-state index in [4.69, 9.17) is 0 Å². The molecule has 1 aliphatic rings. The van der Waals surface area contributed by atoms with Crippen molar-refractivity contribution < 1.29 is 14.5 Å². The van der Waals surface area contributed by atoms with Crippen LogP contribution in [0.15, 0.2) is 24.3 Å². The van der Waals surface area contributed by atoms with Crippen LogP contribution in [-0.2, 0) is 9.59 Å². The number of rotatable bonds is 7. The molecule has 0 saturated carbocycles. The SMILES string of the molecule is CCNC(=O)CN(CC)C(=O)C1CCN(c2ccccc2[N+](=O)[O-])CC1. The normalized spacial score (nSPS) is 14.8. The molecule has 2 amide bonds. The van der Waals surface area contributed by atoms with E-state index < -0.39 is 0 Å². The summed E-state index contributed by atoms with van der Waals surface area (Å²) in [5, 5.41) is 13.9. The van der Waals surface area contributed by atoms with Crippen molar-refractivity contribution in [3.05, 3.63) is 34.4 Å². The number of likely N-dealkylation sites (N-methyl/N-ethyl adjacent to an activating group) is 2. The highest BCUT2D eigenvalue weighted by Gasteiger charge is 2.30. The molecule has 1 aliphatic heterocycles. The minimum atomic E-state index is -0.377. The van der Waals surface area contributed by atoms with Crippen molar-refractivity contribution >= 4 is 23.2 Å². The molecule has 2 rings (SSSR count). The van der Waals surface area contributed by atoms with E-state index in [-0.39, 0.29) is 34.9 Å². The van der Waals surface area contributed by atoms with E-state index in [2.05, 4.69) is 5.32 Å². The molecule has 0 radical (unpaired) electrons. The van der Waals surface area contributed by atoms with Crippen LogP contribution in [0.25, 0.3) is 0 Å². The minimum Gasteiger partial charge on any atom is -0.366 e. The number of hydrogen-bond donors (Lipinski definition) is 1. The van der Waals surface area contributed by atoms with E-state index in [1.807, 2.05) is 18.7 Å².